The van der Waals surface area contributed by atoms with Crippen molar-refractivity contribution in [2.45, 2.75) is 58.0 Å². The van der Waals surface area contributed by atoms with Crippen LogP contribution in [0, 0.1) is 5.92 Å². The van der Waals surface area contributed by atoms with Gasteiger partial charge in [-0.05, 0) is 44.1 Å². The molecule has 1 aliphatic carbocycles. The lowest BCUT2D eigenvalue weighted by Gasteiger charge is -2.34. The van der Waals surface area contributed by atoms with Crippen molar-refractivity contribution in [1.82, 2.24) is 9.78 Å². The molecule has 0 atom stereocenters. The van der Waals surface area contributed by atoms with Crippen molar-refractivity contribution in [2.24, 2.45) is 13.0 Å². The third-order valence-electron chi connectivity index (χ3n) is 4.10. The first-order valence-corrected chi connectivity index (χ1v) is 6.76. The minimum Gasteiger partial charge on any atom is -0.389 e. The van der Waals surface area contributed by atoms with Gasteiger partial charge in [-0.3, -0.25) is 4.68 Å². The highest BCUT2D eigenvalue weighted by atomic mass is 16.3. The molecular weight excluding hydrogens is 212 g/mol. The van der Waals surface area contributed by atoms with Crippen LogP contribution in [0.4, 0.5) is 0 Å². The number of aliphatic hydroxyl groups is 1. The predicted octanol–water partition coefficient (Wildman–Crippen LogP) is 2.47. The Morgan fingerprint density at radius 3 is 2.65 bits per heavy atom. The molecule has 1 heterocycles. The van der Waals surface area contributed by atoms with Crippen LogP contribution >= 0.6 is 0 Å². The van der Waals surface area contributed by atoms with Gasteiger partial charge in [-0.25, -0.2) is 0 Å². The average molecular weight is 236 g/mol. The second-order valence-corrected chi connectivity index (χ2v) is 5.69. The number of hydrogen-bond donors (Lipinski definition) is 1. The molecule has 1 aromatic heterocycles. The third kappa shape index (κ3) is 2.89. The molecule has 2 rings (SSSR count). The quantitative estimate of drug-likeness (QED) is 0.875. The summed E-state index contributed by atoms with van der Waals surface area (Å²) in [6.07, 6.45) is 5.87. The first-order valence-electron chi connectivity index (χ1n) is 6.76. The molecule has 1 aliphatic rings. The van der Waals surface area contributed by atoms with Gasteiger partial charge in [0.25, 0.3) is 0 Å². The third-order valence-corrected chi connectivity index (χ3v) is 4.10. The Morgan fingerprint density at radius 1 is 1.47 bits per heavy atom. The van der Waals surface area contributed by atoms with E-state index in [2.05, 4.69) is 25.0 Å². The van der Waals surface area contributed by atoms with Crippen LogP contribution in [0.25, 0.3) is 0 Å². The van der Waals surface area contributed by atoms with E-state index in [9.17, 15) is 5.11 Å². The standard InChI is InChI=1S/C14H24N2O/c1-4-12-9-13(16(3)15-12)10-14(17)7-5-11(2)6-8-14/h9,11,17H,4-8,10H2,1-3H3. The van der Waals surface area contributed by atoms with Crippen LogP contribution in [0.15, 0.2) is 6.07 Å². The van der Waals surface area contributed by atoms with Crippen molar-refractivity contribution in [1.29, 1.82) is 0 Å². The summed E-state index contributed by atoms with van der Waals surface area (Å²) in [5.74, 6) is 0.771. The van der Waals surface area contributed by atoms with E-state index < -0.39 is 5.60 Å². The number of aromatic nitrogens is 2. The molecule has 0 radical (unpaired) electrons. The molecule has 3 heteroatoms. The molecule has 1 N–H and O–H groups in total. The van der Waals surface area contributed by atoms with Gasteiger partial charge in [0, 0.05) is 19.2 Å². The highest BCUT2D eigenvalue weighted by Gasteiger charge is 2.32. The van der Waals surface area contributed by atoms with Gasteiger partial charge in [0.2, 0.25) is 0 Å². The van der Waals surface area contributed by atoms with Gasteiger partial charge < -0.3 is 5.11 Å². The van der Waals surface area contributed by atoms with Gasteiger partial charge in [0.15, 0.2) is 0 Å². The number of rotatable bonds is 3. The molecule has 1 saturated carbocycles. The zero-order chi connectivity index (χ0) is 12.5. The molecule has 0 unspecified atom stereocenters. The van der Waals surface area contributed by atoms with Crippen LogP contribution < -0.4 is 0 Å². The molecule has 0 saturated heterocycles. The fourth-order valence-corrected chi connectivity index (χ4v) is 2.72. The fourth-order valence-electron chi connectivity index (χ4n) is 2.72. The molecule has 0 amide bonds. The molecule has 1 aromatic rings. The summed E-state index contributed by atoms with van der Waals surface area (Å²) in [7, 11) is 1.98. The summed E-state index contributed by atoms with van der Waals surface area (Å²) in [5.41, 5.74) is 1.79. The maximum atomic E-state index is 10.6. The Bertz CT molecular complexity index is 376. The second-order valence-electron chi connectivity index (χ2n) is 5.69. The minimum atomic E-state index is -0.495. The normalized spacial score (nSPS) is 29.5. The summed E-state index contributed by atoms with van der Waals surface area (Å²) in [6, 6.07) is 2.13. The Hall–Kier alpha value is -0.830. The van der Waals surface area contributed by atoms with Crippen LogP contribution in [-0.2, 0) is 19.9 Å². The zero-order valence-electron chi connectivity index (χ0n) is 11.2. The summed E-state index contributed by atoms with van der Waals surface area (Å²) >= 11 is 0. The van der Waals surface area contributed by atoms with Crippen molar-refractivity contribution >= 4 is 0 Å². The second kappa shape index (κ2) is 4.81. The lowest BCUT2D eigenvalue weighted by molar-refractivity contribution is -0.00812. The van der Waals surface area contributed by atoms with Crippen LogP contribution in [-0.4, -0.2) is 20.5 Å². The van der Waals surface area contributed by atoms with E-state index in [4.69, 9.17) is 0 Å². The van der Waals surface area contributed by atoms with Gasteiger partial charge in [-0.2, -0.15) is 5.10 Å². The monoisotopic (exact) mass is 236 g/mol. The molecule has 17 heavy (non-hydrogen) atoms. The maximum absolute atomic E-state index is 10.6. The first kappa shape index (κ1) is 12.6. The maximum Gasteiger partial charge on any atom is 0.0703 e. The minimum absolute atomic E-state index is 0.495. The molecule has 0 spiro atoms. The van der Waals surface area contributed by atoms with Gasteiger partial charge in [0.1, 0.15) is 0 Å². The summed E-state index contributed by atoms with van der Waals surface area (Å²) < 4.78 is 1.93. The Morgan fingerprint density at radius 2 is 2.12 bits per heavy atom. The lowest BCUT2D eigenvalue weighted by atomic mass is 9.77. The molecule has 1 fully saturated rings. The molecule has 0 aromatic carbocycles. The Labute approximate surface area is 104 Å². The van der Waals surface area contributed by atoms with Crippen molar-refractivity contribution in [3.05, 3.63) is 17.5 Å². The summed E-state index contributed by atoms with van der Waals surface area (Å²) in [4.78, 5) is 0. The van der Waals surface area contributed by atoms with Crippen LogP contribution in [0.3, 0.4) is 0 Å². The molecule has 96 valence electrons. The van der Waals surface area contributed by atoms with Crippen molar-refractivity contribution in [3.63, 3.8) is 0 Å². The van der Waals surface area contributed by atoms with E-state index in [1.807, 2.05) is 11.7 Å². The van der Waals surface area contributed by atoms with Crippen molar-refractivity contribution < 1.29 is 5.11 Å². The average Bonchev–Trinajstić information content (AvgIpc) is 2.64. The number of aryl methyl sites for hydroxylation is 2. The van der Waals surface area contributed by atoms with Crippen LogP contribution in [0.2, 0.25) is 0 Å². The largest absolute Gasteiger partial charge is 0.389 e. The van der Waals surface area contributed by atoms with Gasteiger partial charge >= 0.3 is 0 Å². The molecular formula is C14H24N2O. The van der Waals surface area contributed by atoms with Gasteiger partial charge in [-0.1, -0.05) is 13.8 Å². The van der Waals surface area contributed by atoms with E-state index >= 15 is 0 Å². The van der Waals surface area contributed by atoms with E-state index in [0.29, 0.717) is 0 Å². The van der Waals surface area contributed by atoms with Gasteiger partial charge in [-0.15, -0.1) is 0 Å². The summed E-state index contributed by atoms with van der Waals surface area (Å²) in [5, 5.41) is 15.1. The fraction of sp³-hybridized carbons (Fsp3) is 0.786. The van der Waals surface area contributed by atoms with E-state index in [-0.39, 0.29) is 0 Å². The van der Waals surface area contributed by atoms with Crippen LogP contribution in [0.5, 0.6) is 0 Å². The van der Waals surface area contributed by atoms with Crippen molar-refractivity contribution in [3.8, 4) is 0 Å². The van der Waals surface area contributed by atoms with E-state index in [0.717, 1.165) is 50.1 Å². The zero-order valence-corrected chi connectivity index (χ0v) is 11.2. The van der Waals surface area contributed by atoms with Crippen LogP contribution in [0.1, 0.15) is 50.9 Å². The van der Waals surface area contributed by atoms with Crippen molar-refractivity contribution in [2.75, 3.05) is 0 Å². The Balaban J connectivity index is 2.06. The van der Waals surface area contributed by atoms with E-state index in [1.165, 1.54) is 5.69 Å². The number of hydrogen-bond acceptors (Lipinski definition) is 2. The lowest BCUT2D eigenvalue weighted by Crippen LogP contribution is -2.36. The molecule has 0 aliphatic heterocycles. The summed E-state index contributed by atoms with van der Waals surface area (Å²) in [6.45, 7) is 4.39. The topological polar surface area (TPSA) is 38.0 Å². The van der Waals surface area contributed by atoms with Gasteiger partial charge in [0.05, 0.1) is 11.3 Å². The highest BCUT2D eigenvalue weighted by Crippen LogP contribution is 2.34. The molecule has 3 nitrogen and oxygen atoms in total. The number of nitrogens with zero attached hydrogens (tertiary/aromatic N) is 2. The SMILES string of the molecule is CCc1cc(CC2(O)CCC(C)CC2)n(C)n1. The smallest absolute Gasteiger partial charge is 0.0703 e. The first-order chi connectivity index (χ1) is 8.02. The van der Waals surface area contributed by atoms with E-state index in [1.54, 1.807) is 0 Å². The predicted molar refractivity (Wildman–Crippen MR) is 68.9 cm³/mol. The molecule has 0 bridgehead atoms. The Kier molecular flexibility index (Phi) is 3.57. The highest BCUT2D eigenvalue weighted by molar-refractivity contribution is 5.13.